The molecule has 0 saturated heterocycles. The number of ether oxygens (including phenoxy) is 1. The van der Waals surface area contributed by atoms with Gasteiger partial charge in [-0.05, 0) is 48.4 Å². The predicted molar refractivity (Wildman–Crippen MR) is 96.3 cm³/mol. The van der Waals surface area contributed by atoms with Crippen molar-refractivity contribution in [2.75, 3.05) is 6.61 Å². The summed E-state index contributed by atoms with van der Waals surface area (Å²) in [4.78, 5) is 33.2. The quantitative estimate of drug-likeness (QED) is 0.734. The molecular formula is C19H17N5O3. The summed E-state index contributed by atoms with van der Waals surface area (Å²) in [5, 5.41) is 4.77. The molecule has 3 heterocycles. The van der Waals surface area contributed by atoms with Crippen LogP contribution < -0.4 is 16.0 Å². The van der Waals surface area contributed by atoms with Crippen LogP contribution in [0.15, 0.2) is 33.9 Å². The molecule has 1 aliphatic heterocycles. The number of H-pyrrole nitrogens is 2. The number of benzene rings is 1. The van der Waals surface area contributed by atoms with Crippen molar-refractivity contribution < 1.29 is 4.74 Å². The van der Waals surface area contributed by atoms with Gasteiger partial charge in [-0.1, -0.05) is 0 Å². The van der Waals surface area contributed by atoms with Crippen molar-refractivity contribution in [3.05, 3.63) is 56.5 Å². The Labute approximate surface area is 153 Å². The van der Waals surface area contributed by atoms with Gasteiger partial charge in [-0.3, -0.25) is 9.78 Å². The van der Waals surface area contributed by atoms with Gasteiger partial charge in [0.2, 0.25) is 0 Å². The molecule has 3 aromatic rings. The van der Waals surface area contributed by atoms with Crippen LogP contribution in [0.5, 0.6) is 5.75 Å². The highest BCUT2D eigenvalue weighted by Crippen LogP contribution is 2.74. The van der Waals surface area contributed by atoms with Crippen LogP contribution in [0.2, 0.25) is 0 Å². The molecule has 0 radical (unpaired) electrons. The van der Waals surface area contributed by atoms with Gasteiger partial charge in [-0.25, -0.2) is 14.5 Å². The molecule has 2 aromatic heterocycles. The SMILES string of the molecule is O=c1cc(-c2nc(C3CC34CC4)nn2-c2ccc3c(c2)CCO3)[nH]c(=O)[nH]1. The van der Waals surface area contributed by atoms with Crippen LogP contribution in [-0.2, 0) is 6.42 Å². The smallest absolute Gasteiger partial charge is 0.326 e. The topological polar surface area (TPSA) is 106 Å². The summed E-state index contributed by atoms with van der Waals surface area (Å²) in [6, 6.07) is 7.25. The van der Waals surface area contributed by atoms with Crippen LogP contribution in [0.4, 0.5) is 0 Å². The first kappa shape index (κ1) is 15.0. The van der Waals surface area contributed by atoms with Crippen molar-refractivity contribution in [3.8, 4) is 23.0 Å². The highest BCUT2D eigenvalue weighted by molar-refractivity contribution is 5.55. The van der Waals surface area contributed by atoms with E-state index in [0.717, 1.165) is 35.7 Å². The Balaban J connectivity index is 1.53. The van der Waals surface area contributed by atoms with Gasteiger partial charge < -0.3 is 9.72 Å². The summed E-state index contributed by atoms with van der Waals surface area (Å²) in [5.41, 5.74) is 1.74. The number of aromatic amines is 2. The number of hydrogen-bond donors (Lipinski definition) is 2. The lowest BCUT2D eigenvalue weighted by molar-refractivity contribution is 0.357. The Hall–Kier alpha value is -3.16. The lowest BCUT2D eigenvalue weighted by Crippen LogP contribution is -2.22. The normalized spacial score (nSPS) is 21.1. The monoisotopic (exact) mass is 363 g/mol. The zero-order valence-corrected chi connectivity index (χ0v) is 14.5. The van der Waals surface area contributed by atoms with E-state index >= 15 is 0 Å². The molecule has 2 N–H and O–H groups in total. The van der Waals surface area contributed by atoms with Crippen molar-refractivity contribution >= 4 is 0 Å². The largest absolute Gasteiger partial charge is 0.493 e. The number of fused-ring (bicyclic) bond motifs is 1. The summed E-state index contributed by atoms with van der Waals surface area (Å²) < 4.78 is 7.32. The Morgan fingerprint density at radius 1 is 1.19 bits per heavy atom. The van der Waals surface area contributed by atoms with Crippen molar-refractivity contribution in [1.82, 2.24) is 24.7 Å². The maximum Gasteiger partial charge on any atom is 0.326 e. The molecule has 0 bridgehead atoms. The van der Waals surface area contributed by atoms with Gasteiger partial charge in [-0.2, -0.15) is 5.10 Å². The number of aromatic nitrogens is 5. The molecule has 0 amide bonds. The number of nitrogens with zero attached hydrogens (tertiary/aromatic N) is 3. The molecular weight excluding hydrogens is 346 g/mol. The van der Waals surface area contributed by atoms with Gasteiger partial charge in [0, 0.05) is 18.4 Å². The second kappa shape index (κ2) is 4.97. The zero-order chi connectivity index (χ0) is 18.2. The molecule has 2 fully saturated rings. The van der Waals surface area contributed by atoms with Crippen molar-refractivity contribution in [1.29, 1.82) is 0 Å². The van der Waals surface area contributed by atoms with Crippen LogP contribution in [-0.4, -0.2) is 31.3 Å². The summed E-state index contributed by atoms with van der Waals surface area (Å²) in [7, 11) is 0. The van der Waals surface area contributed by atoms with Gasteiger partial charge in [0.1, 0.15) is 5.75 Å². The van der Waals surface area contributed by atoms with Gasteiger partial charge >= 0.3 is 5.69 Å². The molecule has 2 saturated carbocycles. The Kier molecular flexibility index (Phi) is 2.75. The molecule has 3 aliphatic rings. The molecule has 6 rings (SSSR count). The van der Waals surface area contributed by atoms with E-state index in [0.29, 0.717) is 29.5 Å². The average molecular weight is 363 g/mol. The Morgan fingerprint density at radius 3 is 2.85 bits per heavy atom. The number of nitrogens with one attached hydrogen (secondary N) is 2. The molecule has 1 atom stereocenters. The van der Waals surface area contributed by atoms with Crippen LogP contribution in [0, 0.1) is 5.41 Å². The first-order valence-corrected chi connectivity index (χ1v) is 9.18. The summed E-state index contributed by atoms with van der Waals surface area (Å²) in [6.45, 7) is 0.681. The molecule has 1 spiro atoms. The predicted octanol–water partition coefficient (Wildman–Crippen LogP) is 1.51. The molecule has 8 nitrogen and oxygen atoms in total. The van der Waals surface area contributed by atoms with Crippen molar-refractivity contribution in [2.24, 2.45) is 5.41 Å². The van der Waals surface area contributed by atoms with Crippen molar-refractivity contribution in [2.45, 2.75) is 31.6 Å². The summed E-state index contributed by atoms with van der Waals surface area (Å²) >= 11 is 0. The van der Waals surface area contributed by atoms with Gasteiger partial charge in [0.15, 0.2) is 11.6 Å². The third kappa shape index (κ3) is 2.29. The molecule has 1 unspecified atom stereocenters. The third-order valence-corrected chi connectivity index (χ3v) is 5.94. The average Bonchev–Trinajstić information content (AvgIpc) is 3.43. The van der Waals surface area contributed by atoms with Gasteiger partial charge in [0.25, 0.3) is 5.56 Å². The third-order valence-electron chi connectivity index (χ3n) is 5.94. The Morgan fingerprint density at radius 2 is 2.07 bits per heavy atom. The van der Waals surface area contributed by atoms with E-state index < -0.39 is 11.2 Å². The maximum atomic E-state index is 11.8. The standard InChI is InChI=1S/C19H17N5O3/c25-15-8-13(20-18(26)21-15)17-22-16(12-9-19(12)4-5-19)23-24(17)11-1-2-14-10(7-11)3-6-27-14/h1-2,7-8,12H,3-6,9H2,(H2,20,21,25,26). The van der Waals surface area contributed by atoms with E-state index in [4.69, 9.17) is 14.8 Å². The molecule has 2 aliphatic carbocycles. The lowest BCUT2D eigenvalue weighted by Gasteiger charge is -2.07. The minimum atomic E-state index is -0.555. The zero-order valence-electron chi connectivity index (χ0n) is 14.5. The first-order chi connectivity index (χ1) is 13.1. The molecule has 1 aromatic carbocycles. The van der Waals surface area contributed by atoms with E-state index in [1.807, 2.05) is 18.2 Å². The molecule has 27 heavy (non-hydrogen) atoms. The summed E-state index contributed by atoms with van der Waals surface area (Å²) in [5.74, 6) is 2.54. The fourth-order valence-corrected chi connectivity index (χ4v) is 4.15. The van der Waals surface area contributed by atoms with Gasteiger partial charge in [-0.15, -0.1) is 0 Å². The highest BCUT2D eigenvalue weighted by Gasteiger charge is 2.64. The fraction of sp³-hybridized carbons (Fsp3) is 0.368. The molecule has 136 valence electrons. The van der Waals surface area contributed by atoms with Crippen LogP contribution in [0.3, 0.4) is 0 Å². The Bertz CT molecular complexity index is 1170. The van der Waals surface area contributed by atoms with E-state index in [1.54, 1.807) is 4.68 Å². The van der Waals surface area contributed by atoms with E-state index in [1.165, 1.54) is 18.9 Å². The second-order valence-electron chi connectivity index (χ2n) is 7.72. The highest BCUT2D eigenvalue weighted by atomic mass is 16.5. The summed E-state index contributed by atoms with van der Waals surface area (Å²) in [6.07, 6.45) is 4.45. The minimum absolute atomic E-state index is 0.366. The molecule has 8 heteroatoms. The lowest BCUT2D eigenvalue weighted by atomic mass is 10.1. The van der Waals surface area contributed by atoms with Crippen molar-refractivity contribution in [3.63, 3.8) is 0 Å². The van der Waals surface area contributed by atoms with Gasteiger partial charge in [0.05, 0.1) is 18.0 Å². The van der Waals surface area contributed by atoms with Crippen LogP contribution in [0.1, 0.15) is 36.6 Å². The van der Waals surface area contributed by atoms with E-state index in [2.05, 4.69) is 9.97 Å². The van der Waals surface area contributed by atoms with Crippen LogP contribution >= 0.6 is 0 Å². The first-order valence-electron chi connectivity index (χ1n) is 9.18. The fourth-order valence-electron chi connectivity index (χ4n) is 4.15. The minimum Gasteiger partial charge on any atom is -0.493 e. The number of rotatable bonds is 3. The van der Waals surface area contributed by atoms with E-state index in [9.17, 15) is 9.59 Å². The van der Waals surface area contributed by atoms with E-state index in [-0.39, 0.29) is 0 Å². The van der Waals surface area contributed by atoms with Crippen LogP contribution in [0.25, 0.3) is 17.2 Å². The second-order valence-corrected chi connectivity index (χ2v) is 7.72. The number of hydrogen-bond acceptors (Lipinski definition) is 5. The maximum absolute atomic E-state index is 11.8.